The van der Waals surface area contributed by atoms with Gasteiger partial charge >= 0.3 is 0 Å². The van der Waals surface area contributed by atoms with Gasteiger partial charge in [0.25, 0.3) is 0 Å². The Kier molecular flexibility index (Phi) is 3.21. The van der Waals surface area contributed by atoms with Crippen LogP contribution in [0.3, 0.4) is 0 Å². The van der Waals surface area contributed by atoms with Gasteiger partial charge in [-0.1, -0.05) is 13.8 Å². The third kappa shape index (κ3) is 3.16. The van der Waals surface area contributed by atoms with Crippen LogP contribution < -0.4 is 5.73 Å². The Labute approximate surface area is 93.6 Å². The summed E-state index contributed by atoms with van der Waals surface area (Å²) < 4.78 is 0. The van der Waals surface area contributed by atoms with E-state index in [1.165, 1.54) is 0 Å². The Bertz CT molecular complexity index is 228. The predicted octanol–water partition coefficient (Wildman–Crippen LogP) is 1.21. The molecule has 1 aliphatic rings. The summed E-state index contributed by atoms with van der Waals surface area (Å²) in [5, 5.41) is 10.3. The van der Waals surface area contributed by atoms with Gasteiger partial charge in [-0.05, 0) is 27.2 Å². The average molecular weight is 214 g/mol. The Balaban J connectivity index is 2.63. The molecule has 0 saturated carbocycles. The van der Waals surface area contributed by atoms with Crippen LogP contribution in [-0.4, -0.2) is 40.8 Å². The highest BCUT2D eigenvalue weighted by Crippen LogP contribution is 2.38. The van der Waals surface area contributed by atoms with Gasteiger partial charge in [0, 0.05) is 30.6 Å². The van der Waals surface area contributed by atoms with Gasteiger partial charge in [0.2, 0.25) is 0 Å². The second-order valence-electron chi connectivity index (χ2n) is 6.61. The lowest BCUT2D eigenvalue weighted by Gasteiger charge is -2.49. The Hall–Kier alpha value is -0.120. The number of likely N-dealkylation sites (tertiary alicyclic amines) is 1. The number of hydrogen-bond acceptors (Lipinski definition) is 3. The minimum absolute atomic E-state index is 0.0590. The van der Waals surface area contributed by atoms with Crippen molar-refractivity contribution in [2.45, 2.75) is 52.2 Å². The second-order valence-corrected chi connectivity index (χ2v) is 6.61. The van der Waals surface area contributed by atoms with Crippen LogP contribution in [0, 0.1) is 5.41 Å². The third-order valence-corrected chi connectivity index (χ3v) is 3.62. The van der Waals surface area contributed by atoms with Gasteiger partial charge in [0.15, 0.2) is 0 Å². The van der Waals surface area contributed by atoms with E-state index in [0.717, 1.165) is 26.1 Å². The minimum Gasteiger partial charge on any atom is -0.390 e. The summed E-state index contributed by atoms with van der Waals surface area (Å²) in [7, 11) is 0. The minimum atomic E-state index is -0.553. The Morgan fingerprint density at radius 1 is 1.33 bits per heavy atom. The first-order valence-electron chi connectivity index (χ1n) is 5.77. The molecule has 0 aliphatic carbocycles. The number of nitrogens with two attached hydrogens (primary N) is 1. The molecule has 1 rings (SSSR count). The van der Waals surface area contributed by atoms with Gasteiger partial charge in [0.05, 0.1) is 5.60 Å². The van der Waals surface area contributed by atoms with Crippen molar-refractivity contribution < 1.29 is 5.11 Å². The van der Waals surface area contributed by atoms with Gasteiger partial charge in [-0.25, -0.2) is 0 Å². The van der Waals surface area contributed by atoms with Crippen molar-refractivity contribution >= 4 is 0 Å². The van der Waals surface area contributed by atoms with Crippen molar-refractivity contribution in [2.75, 3.05) is 19.6 Å². The topological polar surface area (TPSA) is 49.5 Å². The highest BCUT2D eigenvalue weighted by atomic mass is 16.3. The highest BCUT2D eigenvalue weighted by Gasteiger charge is 2.44. The van der Waals surface area contributed by atoms with Crippen LogP contribution in [0.1, 0.15) is 41.0 Å². The van der Waals surface area contributed by atoms with Crippen LogP contribution in [0.5, 0.6) is 0 Å². The number of aliphatic hydroxyl groups is 1. The second kappa shape index (κ2) is 3.72. The summed E-state index contributed by atoms with van der Waals surface area (Å²) in [6, 6.07) is 0. The van der Waals surface area contributed by atoms with Crippen LogP contribution >= 0.6 is 0 Å². The van der Waals surface area contributed by atoms with Crippen LogP contribution in [-0.2, 0) is 0 Å². The number of hydrogen-bond donors (Lipinski definition) is 2. The van der Waals surface area contributed by atoms with Crippen molar-refractivity contribution in [3.63, 3.8) is 0 Å². The average Bonchev–Trinajstić information content (AvgIpc) is 1.94. The molecule has 1 fully saturated rings. The van der Waals surface area contributed by atoms with E-state index in [-0.39, 0.29) is 11.0 Å². The molecule has 0 bridgehead atoms. The molecule has 1 heterocycles. The summed E-state index contributed by atoms with van der Waals surface area (Å²) in [6.07, 6.45) is 0.829. The maximum absolute atomic E-state index is 10.3. The fourth-order valence-electron chi connectivity index (χ4n) is 2.23. The van der Waals surface area contributed by atoms with Crippen LogP contribution in [0.2, 0.25) is 0 Å². The fourth-order valence-corrected chi connectivity index (χ4v) is 2.23. The highest BCUT2D eigenvalue weighted by molar-refractivity contribution is 4.97. The monoisotopic (exact) mass is 214 g/mol. The first kappa shape index (κ1) is 12.9. The van der Waals surface area contributed by atoms with Crippen molar-refractivity contribution in [1.29, 1.82) is 0 Å². The van der Waals surface area contributed by atoms with Gasteiger partial charge in [0.1, 0.15) is 0 Å². The standard InChI is InChI=1S/C12H26N2O/c1-10(2)8-14(9-11(3,4)13)7-6-12(10,5)15/h15H,6-9,13H2,1-5H3/t12-/m0/s1. The molecule has 3 nitrogen and oxygen atoms in total. The molecule has 0 amide bonds. The van der Waals surface area contributed by atoms with Crippen molar-refractivity contribution in [1.82, 2.24) is 4.90 Å². The van der Waals surface area contributed by atoms with Gasteiger partial charge < -0.3 is 15.7 Å². The molecule has 0 aromatic carbocycles. The zero-order chi connectivity index (χ0) is 11.9. The van der Waals surface area contributed by atoms with Crippen molar-refractivity contribution in [2.24, 2.45) is 11.1 Å². The molecule has 3 N–H and O–H groups in total. The molecule has 15 heavy (non-hydrogen) atoms. The molecule has 0 aromatic heterocycles. The quantitative estimate of drug-likeness (QED) is 0.726. The van der Waals surface area contributed by atoms with Crippen molar-refractivity contribution in [3.8, 4) is 0 Å². The van der Waals surface area contributed by atoms with Crippen molar-refractivity contribution in [3.05, 3.63) is 0 Å². The molecule has 1 saturated heterocycles. The zero-order valence-corrected chi connectivity index (χ0v) is 10.8. The predicted molar refractivity (Wildman–Crippen MR) is 63.7 cm³/mol. The lowest BCUT2D eigenvalue weighted by atomic mass is 9.71. The van der Waals surface area contributed by atoms with E-state index in [1.807, 2.05) is 20.8 Å². The molecule has 3 heteroatoms. The molecule has 1 aliphatic heterocycles. The molecule has 0 unspecified atom stereocenters. The third-order valence-electron chi connectivity index (χ3n) is 3.62. The molecule has 0 aromatic rings. The molecule has 1 atom stereocenters. The van der Waals surface area contributed by atoms with Gasteiger partial charge in [-0.2, -0.15) is 0 Å². The van der Waals surface area contributed by atoms with Crippen LogP contribution in [0.25, 0.3) is 0 Å². The van der Waals surface area contributed by atoms with E-state index >= 15 is 0 Å². The summed E-state index contributed by atoms with van der Waals surface area (Å²) in [5.74, 6) is 0. The van der Waals surface area contributed by atoms with E-state index in [1.54, 1.807) is 0 Å². The molecule has 0 spiro atoms. The first-order valence-corrected chi connectivity index (χ1v) is 5.77. The Morgan fingerprint density at radius 2 is 1.87 bits per heavy atom. The van der Waals surface area contributed by atoms with Gasteiger partial charge in [-0.3, -0.25) is 0 Å². The van der Waals surface area contributed by atoms with Gasteiger partial charge in [-0.15, -0.1) is 0 Å². The summed E-state index contributed by atoms with van der Waals surface area (Å²) in [6.45, 7) is 13.0. The van der Waals surface area contributed by atoms with E-state index < -0.39 is 5.60 Å². The fraction of sp³-hybridized carbons (Fsp3) is 1.00. The number of nitrogens with zero attached hydrogens (tertiary/aromatic N) is 1. The maximum atomic E-state index is 10.3. The molecule has 0 radical (unpaired) electrons. The number of rotatable bonds is 2. The SMILES string of the molecule is CC(C)(N)CN1CC[C@](C)(O)C(C)(C)C1. The molecular weight excluding hydrogens is 188 g/mol. The number of piperidine rings is 1. The van der Waals surface area contributed by atoms with E-state index in [2.05, 4.69) is 18.7 Å². The molecular formula is C12H26N2O. The summed E-state index contributed by atoms with van der Waals surface area (Å²) >= 11 is 0. The van der Waals surface area contributed by atoms with E-state index in [4.69, 9.17) is 5.73 Å². The normalized spacial score (nSPS) is 33.0. The zero-order valence-electron chi connectivity index (χ0n) is 10.8. The lowest BCUT2D eigenvalue weighted by molar-refractivity contribution is -0.107. The van der Waals surface area contributed by atoms with Crippen LogP contribution in [0.4, 0.5) is 0 Å². The summed E-state index contributed by atoms with van der Waals surface area (Å²) in [5.41, 5.74) is 5.25. The van der Waals surface area contributed by atoms with E-state index in [9.17, 15) is 5.11 Å². The Morgan fingerprint density at radius 3 is 2.27 bits per heavy atom. The lowest BCUT2D eigenvalue weighted by Crippen LogP contribution is -2.58. The smallest absolute Gasteiger partial charge is 0.0694 e. The summed E-state index contributed by atoms with van der Waals surface area (Å²) in [4.78, 5) is 2.36. The first-order chi connectivity index (χ1) is 6.54. The van der Waals surface area contributed by atoms with E-state index in [0.29, 0.717) is 0 Å². The largest absolute Gasteiger partial charge is 0.390 e. The maximum Gasteiger partial charge on any atom is 0.0694 e. The molecule has 90 valence electrons. The van der Waals surface area contributed by atoms with Crippen LogP contribution in [0.15, 0.2) is 0 Å².